The summed E-state index contributed by atoms with van der Waals surface area (Å²) in [5.74, 6) is 1.14. The molecule has 0 spiro atoms. The number of nitrogens with zero attached hydrogens (tertiary/aromatic N) is 2. The lowest BCUT2D eigenvalue weighted by Crippen LogP contribution is -2.06. The van der Waals surface area contributed by atoms with Crippen molar-refractivity contribution in [2.24, 2.45) is 4.99 Å². The monoisotopic (exact) mass is 429 g/mol. The number of benzene rings is 2. The lowest BCUT2D eigenvalue weighted by Gasteiger charge is -2.12. The van der Waals surface area contributed by atoms with Gasteiger partial charge in [-0.05, 0) is 79.1 Å². The molecule has 1 aromatic heterocycles. The summed E-state index contributed by atoms with van der Waals surface area (Å²) in [4.78, 5) is 15.5. The minimum absolute atomic E-state index is 0.00504. The van der Waals surface area contributed by atoms with Crippen molar-refractivity contribution in [2.45, 2.75) is 39.0 Å². The molecule has 2 aromatic carbocycles. The second-order valence-corrected chi connectivity index (χ2v) is 8.10. The maximum absolute atomic E-state index is 11.0. The third kappa shape index (κ3) is 6.51. The number of carbonyl (C=O) groups excluding carboxylic acids is 1. The summed E-state index contributed by atoms with van der Waals surface area (Å²) in [5.41, 5.74) is 5.56. The normalized spacial score (nSPS) is 12.9. The molecule has 3 rings (SSSR count). The minimum atomic E-state index is 0.00504. The number of aliphatic imine (C=N–C) groups is 1. The number of ether oxygens (including phenoxy) is 1. The SMILES string of the molecule is C=C(C/C=C\C(CCC(C)c1ccc2[nH]ncc2c1)=NC)c1ccc(OCC(C)=O)cc1. The molecule has 166 valence electrons. The number of H-pyrrole nitrogens is 1. The third-order valence-corrected chi connectivity index (χ3v) is 5.53. The number of rotatable bonds is 11. The highest BCUT2D eigenvalue weighted by molar-refractivity contribution is 5.95. The molecule has 0 saturated heterocycles. The van der Waals surface area contributed by atoms with E-state index in [0.29, 0.717) is 11.7 Å². The largest absolute Gasteiger partial charge is 0.486 e. The van der Waals surface area contributed by atoms with Crippen LogP contribution in [0.4, 0.5) is 0 Å². The number of aromatic nitrogens is 2. The first-order chi connectivity index (χ1) is 15.5. The molecule has 3 aromatic rings. The van der Waals surface area contributed by atoms with Crippen molar-refractivity contribution < 1.29 is 9.53 Å². The fourth-order valence-corrected chi connectivity index (χ4v) is 3.50. The van der Waals surface area contributed by atoms with Gasteiger partial charge in [0.05, 0.1) is 11.7 Å². The molecular weight excluding hydrogens is 398 g/mol. The van der Waals surface area contributed by atoms with E-state index in [2.05, 4.69) is 59.0 Å². The molecule has 0 aliphatic heterocycles. The van der Waals surface area contributed by atoms with Crippen LogP contribution in [0.25, 0.3) is 16.5 Å². The van der Waals surface area contributed by atoms with Gasteiger partial charge in [0.2, 0.25) is 0 Å². The Balaban J connectivity index is 1.48. The molecule has 0 bridgehead atoms. The van der Waals surface area contributed by atoms with Crippen molar-refractivity contribution in [1.29, 1.82) is 0 Å². The fourth-order valence-electron chi connectivity index (χ4n) is 3.50. The molecule has 0 fully saturated rings. The smallest absolute Gasteiger partial charge is 0.167 e. The summed E-state index contributed by atoms with van der Waals surface area (Å²) in [5, 5.41) is 8.25. The molecule has 5 nitrogen and oxygen atoms in total. The van der Waals surface area contributed by atoms with Gasteiger partial charge in [-0.3, -0.25) is 14.9 Å². The van der Waals surface area contributed by atoms with E-state index in [9.17, 15) is 4.79 Å². The topological polar surface area (TPSA) is 67.3 Å². The second-order valence-electron chi connectivity index (χ2n) is 8.10. The average Bonchev–Trinajstić information content (AvgIpc) is 3.27. The molecule has 1 unspecified atom stereocenters. The Bertz CT molecular complexity index is 1120. The zero-order valence-electron chi connectivity index (χ0n) is 19.1. The lowest BCUT2D eigenvalue weighted by molar-refractivity contribution is -0.118. The molecule has 0 aliphatic rings. The highest BCUT2D eigenvalue weighted by Crippen LogP contribution is 2.25. The fraction of sp³-hybridized carbons (Fsp3) is 0.296. The van der Waals surface area contributed by atoms with E-state index in [1.807, 2.05) is 37.5 Å². The highest BCUT2D eigenvalue weighted by Gasteiger charge is 2.08. The second kappa shape index (κ2) is 11.2. The first-order valence-electron chi connectivity index (χ1n) is 10.9. The van der Waals surface area contributed by atoms with Gasteiger partial charge in [-0.1, -0.05) is 37.8 Å². The Kier molecular flexibility index (Phi) is 8.14. The molecule has 0 saturated carbocycles. The molecule has 1 atom stereocenters. The van der Waals surface area contributed by atoms with Crippen molar-refractivity contribution >= 4 is 28.0 Å². The van der Waals surface area contributed by atoms with Crippen LogP contribution in [0, 0.1) is 0 Å². The summed E-state index contributed by atoms with van der Waals surface area (Å²) in [6, 6.07) is 14.2. The predicted molar refractivity (Wildman–Crippen MR) is 133 cm³/mol. The van der Waals surface area contributed by atoms with E-state index < -0.39 is 0 Å². The average molecular weight is 430 g/mol. The van der Waals surface area contributed by atoms with E-state index in [-0.39, 0.29) is 12.4 Å². The Hall–Kier alpha value is -3.47. The van der Waals surface area contributed by atoms with Gasteiger partial charge >= 0.3 is 0 Å². The number of hydrogen-bond donors (Lipinski definition) is 1. The van der Waals surface area contributed by atoms with E-state index >= 15 is 0 Å². The van der Waals surface area contributed by atoms with Gasteiger partial charge in [-0.2, -0.15) is 5.10 Å². The third-order valence-electron chi connectivity index (χ3n) is 5.53. The van der Waals surface area contributed by atoms with Crippen molar-refractivity contribution in [1.82, 2.24) is 10.2 Å². The van der Waals surface area contributed by atoms with Gasteiger partial charge in [0, 0.05) is 18.1 Å². The van der Waals surface area contributed by atoms with E-state index in [1.54, 1.807) is 0 Å². The molecule has 0 radical (unpaired) electrons. The minimum Gasteiger partial charge on any atom is -0.486 e. The van der Waals surface area contributed by atoms with Crippen LogP contribution in [0.1, 0.15) is 50.2 Å². The number of hydrogen-bond acceptors (Lipinski definition) is 4. The number of aromatic amines is 1. The predicted octanol–water partition coefficient (Wildman–Crippen LogP) is 6.14. The van der Waals surface area contributed by atoms with Crippen LogP contribution in [0.3, 0.4) is 0 Å². The van der Waals surface area contributed by atoms with Crippen LogP contribution >= 0.6 is 0 Å². The van der Waals surface area contributed by atoms with E-state index in [1.165, 1.54) is 12.5 Å². The van der Waals surface area contributed by atoms with Gasteiger partial charge < -0.3 is 4.74 Å². The molecule has 1 heterocycles. The van der Waals surface area contributed by atoms with E-state index in [0.717, 1.165) is 47.0 Å². The lowest BCUT2D eigenvalue weighted by atomic mass is 9.94. The summed E-state index contributed by atoms with van der Waals surface area (Å²) in [6.45, 7) is 8.05. The molecule has 32 heavy (non-hydrogen) atoms. The number of nitrogens with one attached hydrogen (secondary N) is 1. The zero-order chi connectivity index (χ0) is 22.9. The standard InChI is InChI=1S/C27H31N3O2/c1-19(22-9-13-26(14-10-22)32-18-21(3)31)6-5-7-25(28-4)12-8-20(2)23-11-15-27-24(16-23)17-29-30-27/h5,7,9-11,13-17,20H,1,6,8,12,18H2,2-4H3,(H,29,30)/b7-5-,28-25?. The van der Waals surface area contributed by atoms with E-state index in [4.69, 9.17) is 4.74 Å². The van der Waals surface area contributed by atoms with Gasteiger partial charge in [0.15, 0.2) is 5.78 Å². The van der Waals surface area contributed by atoms with Crippen molar-refractivity contribution in [3.8, 4) is 5.75 Å². The molecule has 0 amide bonds. The van der Waals surface area contributed by atoms with Gasteiger partial charge in [-0.15, -0.1) is 0 Å². The molecule has 5 heteroatoms. The van der Waals surface area contributed by atoms with Crippen LogP contribution in [0.5, 0.6) is 5.75 Å². The Labute approximate surface area is 189 Å². The number of allylic oxidation sites excluding steroid dienone is 3. The first kappa shape index (κ1) is 23.2. The van der Waals surface area contributed by atoms with Gasteiger partial charge in [0.25, 0.3) is 0 Å². The van der Waals surface area contributed by atoms with Crippen molar-refractivity contribution in [3.05, 3.63) is 78.5 Å². The van der Waals surface area contributed by atoms with Gasteiger partial charge in [0.1, 0.15) is 12.4 Å². The van der Waals surface area contributed by atoms with Crippen LogP contribution < -0.4 is 4.74 Å². The molecule has 0 aliphatic carbocycles. The summed E-state index contributed by atoms with van der Waals surface area (Å²) >= 11 is 0. The summed E-state index contributed by atoms with van der Waals surface area (Å²) in [6.07, 6.45) is 8.79. The summed E-state index contributed by atoms with van der Waals surface area (Å²) in [7, 11) is 1.84. The van der Waals surface area contributed by atoms with Crippen LogP contribution in [0.2, 0.25) is 0 Å². The Morgan fingerprint density at radius 1 is 1.25 bits per heavy atom. The molecular formula is C27H31N3O2. The quantitative estimate of drug-likeness (QED) is 0.372. The number of carbonyl (C=O) groups is 1. The number of ketones is 1. The zero-order valence-corrected chi connectivity index (χ0v) is 19.1. The number of fused-ring (bicyclic) bond motifs is 1. The number of Topliss-reactive ketones (excluding diaryl/α,β-unsaturated/α-hetero) is 1. The maximum Gasteiger partial charge on any atom is 0.167 e. The Morgan fingerprint density at radius 3 is 2.75 bits per heavy atom. The van der Waals surface area contributed by atoms with Crippen LogP contribution in [0.15, 0.2) is 72.4 Å². The van der Waals surface area contributed by atoms with Crippen LogP contribution in [-0.4, -0.2) is 35.3 Å². The van der Waals surface area contributed by atoms with Crippen LogP contribution in [-0.2, 0) is 4.79 Å². The van der Waals surface area contributed by atoms with Gasteiger partial charge in [-0.25, -0.2) is 0 Å². The first-order valence-corrected chi connectivity index (χ1v) is 10.9. The van der Waals surface area contributed by atoms with Crippen molar-refractivity contribution in [3.63, 3.8) is 0 Å². The summed E-state index contributed by atoms with van der Waals surface area (Å²) < 4.78 is 5.41. The van der Waals surface area contributed by atoms with Crippen molar-refractivity contribution in [2.75, 3.05) is 13.7 Å². The Morgan fingerprint density at radius 2 is 2.03 bits per heavy atom. The molecule has 1 N–H and O–H groups in total. The maximum atomic E-state index is 11.0. The highest BCUT2D eigenvalue weighted by atomic mass is 16.5.